The highest BCUT2D eigenvalue weighted by Gasteiger charge is 2.33. The number of hydrogen-bond acceptors (Lipinski definition) is 5. The van der Waals surface area contributed by atoms with Gasteiger partial charge in [0.2, 0.25) is 5.91 Å². The molecular weight excluding hydrogens is 226 g/mol. The van der Waals surface area contributed by atoms with Gasteiger partial charge >= 0.3 is 5.97 Å². The summed E-state index contributed by atoms with van der Waals surface area (Å²) in [5.74, 6) is -2.33. The molecule has 6 heteroatoms. The molecule has 0 saturated carbocycles. The SMILES string of the molecule is CCOC(=O)C1CC(=O)C(NC(C)=O)=C(O)C1. The van der Waals surface area contributed by atoms with Crippen LogP contribution in [0.3, 0.4) is 0 Å². The Balaban J connectivity index is 2.79. The first-order valence-corrected chi connectivity index (χ1v) is 5.35. The Labute approximate surface area is 98.6 Å². The van der Waals surface area contributed by atoms with Gasteiger partial charge in [0, 0.05) is 19.8 Å². The molecule has 6 nitrogen and oxygen atoms in total. The molecular formula is C11H15NO5. The number of carbonyl (C=O) groups excluding carboxylic acids is 3. The number of amides is 1. The molecule has 1 unspecified atom stereocenters. The zero-order valence-electron chi connectivity index (χ0n) is 9.78. The molecule has 1 amide bonds. The standard InChI is InChI=1S/C11H15NO5/c1-3-17-11(16)7-4-8(14)10(9(15)5-7)12-6(2)13/h7,14H,3-5H2,1-2H3,(H,12,13). The van der Waals surface area contributed by atoms with Crippen molar-refractivity contribution in [1.82, 2.24) is 5.32 Å². The smallest absolute Gasteiger partial charge is 0.309 e. The molecule has 1 atom stereocenters. The van der Waals surface area contributed by atoms with Crippen LogP contribution in [0.4, 0.5) is 0 Å². The lowest BCUT2D eigenvalue weighted by molar-refractivity contribution is -0.150. The van der Waals surface area contributed by atoms with Crippen molar-refractivity contribution >= 4 is 17.7 Å². The quantitative estimate of drug-likeness (QED) is 0.699. The van der Waals surface area contributed by atoms with Gasteiger partial charge in [-0.05, 0) is 6.92 Å². The molecule has 17 heavy (non-hydrogen) atoms. The minimum Gasteiger partial charge on any atom is -0.510 e. The minimum atomic E-state index is -0.667. The molecule has 0 aromatic heterocycles. The number of allylic oxidation sites excluding steroid dienone is 2. The fourth-order valence-electron chi connectivity index (χ4n) is 1.64. The van der Waals surface area contributed by atoms with Crippen molar-refractivity contribution in [3.8, 4) is 0 Å². The summed E-state index contributed by atoms with van der Waals surface area (Å²) < 4.78 is 4.78. The molecule has 0 radical (unpaired) electrons. The highest BCUT2D eigenvalue weighted by atomic mass is 16.5. The van der Waals surface area contributed by atoms with Gasteiger partial charge in [0.05, 0.1) is 12.5 Å². The average molecular weight is 241 g/mol. The predicted molar refractivity (Wildman–Crippen MR) is 57.8 cm³/mol. The monoisotopic (exact) mass is 241 g/mol. The Hall–Kier alpha value is -1.85. The molecule has 0 heterocycles. The maximum atomic E-state index is 11.6. The van der Waals surface area contributed by atoms with Crippen LogP contribution in [-0.2, 0) is 19.1 Å². The lowest BCUT2D eigenvalue weighted by Gasteiger charge is -2.21. The number of hydrogen-bond donors (Lipinski definition) is 2. The average Bonchev–Trinajstić information content (AvgIpc) is 2.23. The van der Waals surface area contributed by atoms with Gasteiger partial charge in [-0.25, -0.2) is 0 Å². The summed E-state index contributed by atoms with van der Waals surface area (Å²) in [5.41, 5.74) is -0.113. The van der Waals surface area contributed by atoms with Crippen LogP contribution in [0, 0.1) is 5.92 Å². The second-order valence-electron chi connectivity index (χ2n) is 3.78. The minimum absolute atomic E-state index is 0.0141. The maximum absolute atomic E-state index is 11.6. The maximum Gasteiger partial charge on any atom is 0.309 e. The van der Waals surface area contributed by atoms with E-state index in [1.165, 1.54) is 6.92 Å². The molecule has 0 aromatic rings. The van der Waals surface area contributed by atoms with E-state index >= 15 is 0 Å². The highest BCUT2D eigenvalue weighted by molar-refractivity contribution is 6.01. The number of ether oxygens (including phenoxy) is 1. The Morgan fingerprint density at radius 2 is 2.12 bits per heavy atom. The van der Waals surface area contributed by atoms with Crippen molar-refractivity contribution in [2.45, 2.75) is 26.7 Å². The summed E-state index contributed by atoms with van der Waals surface area (Å²) in [5, 5.41) is 11.9. The summed E-state index contributed by atoms with van der Waals surface area (Å²) in [6.45, 7) is 3.14. The van der Waals surface area contributed by atoms with Crippen LogP contribution in [-0.4, -0.2) is 29.4 Å². The van der Waals surface area contributed by atoms with E-state index in [9.17, 15) is 19.5 Å². The molecule has 0 aliphatic heterocycles. The Morgan fingerprint density at radius 3 is 2.59 bits per heavy atom. The molecule has 0 spiro atoms. The lowest BCUT2D eigenvalue weighted by Crippen LogP contribution is -2.34. The molecule has 94 valence electrons. The van der Waals surface area contributed by atoms with Crippen LogP contribution in [0.15, 0.2) is 11.5 Å². The van der Waals surface area contributed by atoms with E-state index in [1.807, 2.05) is 0 Å². The number of aliphatic hydroxyl groups excluding tert-OH is 1. The fraction of sp³-hybridized carbons (Fsp3) is 0.545. The number of nitrogens with one attached hydrogen (secondary N) is 1. The Bertz CT molecular complexity index is 385. The van der Waals surface area contributed by atoms with E-state index < -0.39 is 23.6 Å². The normalized spacial score (nSPS) is 20.1. The van der Waals surface area contributed by atoms with Crippen LogP contribution in [0.5, 0.6) is 0 Å². The van der Waals surface area contributed by atoms with Gasteiger partial charge in [-0.3, -0.25) is 14.4 Å². The van der Waals surface area contributed by atoms with E-state index in [1.54, 1.807) is 6.92 Å². The molecule has 1 rings (SSSR count). The lowest BCUT2D eigenvalue weighted by atomic mass is 9.90. The first kappa shape index (κ1) is 13.2. The first-order valence-electron chi connectivity index (χ1n) is 5.35. The van der Waals surface area contributed by atoms with Crippen LogP contribution < -0.4 is 5.32 Å². The molecule has 1 aliphatic carbocycles. The number of rotatable bonds is 3. The van der Waals surface area contributed by atoms with Crippen molar-refractivity contribution in [2.75, 3.05) is 6.61 Å². The second kappa shape index (κ2) is 5.47. The first-order chi connectivity index (χ1) is 7.95. The van der Waals surface area contributed by atoms with E-state index in [4.69, 9.17) is 4.74 Å². The molecule has 1 aliphatic rings. The van der Waals surface area contributed by atoms with Gasteiger partial charge in [0.1, 0.15) is 11.5 Å². The van der Waals surface area contributed by atoms with Crippen LogP contribution in [0.25, 0.3) is 0 Å². The summed E-state index contributed by atoms with van der Waals surface area (Å²) in [6.07, 6.45) is -0.0430. The van der Waals surface area contributed by atoms with Crippen molar-refractivity contribution in [2.24, 2.45) is 5.92 Å². The van der Waals surface area contributed by atoms with E-state index in [0.29, 0.717) is 0 Å². The third-order valence-corrected chi connectivity index (χ3v) is 2.36. The van der Waals surface area contributed by atoms with Crippen molar-refractivity contribution in [3.05, 3.63) is 11.5 Å². The zero-order chi connectivity index (χ0) is 13.0. The number of carbonyl (C=O) groups is 3. The predicted octanol–water partition coefficient (Wildman–Crippen LogP) is 0.434. The summed E-state index contributed by atoms with van der Waals surface area (Å²) >= 11 is 0. The zero-order valence-corrected chi connectivity index (χ0v) is 9.78. The van der Waals surface area contributed by atoms with Crippen molar-refractivity contribution in [3.63, 3.8) is 0 Å². The van der Waals surface area contributed by atoms with Crippen molar-refractivity contribution < 1.29 is 24.2 Å². The highest BCUT2D eigenvalue weighted by Crippen LogP contribution is 2.25. The summed E-state index contributed by atoms with van der Waals surface area (Å²) in [7, 11) is 0. The van der Waals surface area contributed by atoms with Gasteiger partial charge in [-0.1, -0.05) is 0 Å². The molecule has 0 saturated heterocycles. The number of esters is 1. The van der Waals surface area contributed by atoms with E-state index in [2.05, 4.69) is 5.32 Å². The van der Waals surface area contributed by atoms with Gasteiger partial charge < -0.3 is 15.2 Å². The van der Waals surface area contributed by atoms with E-state index in [0.717, 1.165) is 0 Å². The number of aliphatic hydroxyl groups is 1. The second-order valence-corrected chi connectivity index (χ2v) is 3.78. The third kappa shape index (κ3) is 3.30. The van der Waals surface area contributed by atoms with Gasteiger partial charge in [-0.2, -0.15) is 0 Å². The topological polar surface area (TPSA) is 92.7 Å². The Kier molecular flexibility index (Phi) is 4.25. The van der Waals surface area contributed by atoms with Crippen LogP contribution >= 0.6 is 0 Å². The van der Waals surface area contributed by atoms with Gasteiger partial charge in [0.15, 0.2) is 5.78 Å². The van der Waals surface area contributed by atoms with E-state index in [-0.39, 0.29) is 30.9 Å². The Morgan fingerprint density at radius 1 is 1.47 bits per heavy atom. The molecule has 0 aromatic carbocycles. The molecule has 0 fully saturated rings. The largest absolute Gasteiger partial charge is 0.510 e. The number of Topliss-reactive ketones (excluding diaryl/α,β-unsaturated/α-hetero) is 1. The number of ketones is 1. The molecule has 2 N–H and O–H groups in total. The fourth-order valence-corrected chi connectivity index (χ4v) is 1.64. The van der Waals surface area contributed by atoms with Gasteiger partial charge in [0.25, 0.3) is 0 Å². The molecule has 0 bridgehead atoms. The summed E-state index contributed by atoms with van der Waals surface area (Å²) in [4.78, 5) is 33.9. The van der Waals surface area contributed by atoms with Gasteiger partial charge in [-0.15, -0.1) is 0 Å². The summed E-state index contributed by atoms with van der Waals surface area (Å²) in [6, 6.07) is 0. The van der Waals surface area contributed by atoms with Crippen LogP contribution in [0.1, 0.15) is 26.7 Å². The van der Waals surface area contributed by atoms with Crippen molar-refractivity contribution in [1.29, 1.82) is 0 Å². The third-order valence-electron chi connectivity index (χ3n) is 2.36. The van der Waals surface area contributed by atoms with Crippen LogP contribution in [0.2, 0.25) is 0 Å².